The quantitative estimate of drug-likeness (QED) is 0.530. The van der Waals surface area contributed by atoms with Gasteiger partial charge in [-0.3, -0.25) is 14.9 Å². The average Bonchev–Trinajstić information content (AvgIpc) is 3.08. The normalized spacial score (nSPS) is 15.0. The number of nitro benzene ring substituents is 1. The molecule has 1 N–H and O–H groups in total. The Hall–Kier alpha value is -2.47. The van der Waals surface area contributed by atoms with Gasteiger partial charge in [0, 0.05) is 45.1 Å². The number of amides is 1. The molecule has 3 rings (SSSR count). The van der Waals surface area contributed by atoms with Crippen molar-refractivity contribution in [2.75, 3.05) is 5.32 Å². The maximum Gasteiger partial charge on any atom is 0.270 e. The Bertz CT molecular complexity index is 792. The van der Waals surface area contributed by atoms with Gasteiger partial charge in [-0.05, 0) is 24.6 Å². The fourth-order valence-corrected chi connectivity index (χ4v) is 3.34. The van der Waals surface area contributed by atoms with Gasteiger partial charge in [-0.2, -0.15) is 0 Å². The van der Waals surface area contributed by atoms with Crippen LogP contribution in [0.5, 0.6) is 0 Å². The number of anilines is 1. The molecule has 6 heteroatoms. The zero-order chi connectivity index (χ0) is 15.7. The second-order valence-electron chi connectivity index (χ2n) is 4.98. The van der Waals surface area contributed by atoms with Crippen molar-refractivity contribution in [3.05, 3.63) is 61.8 Å². The van der Waals surface area contributed by atoms with Crippen LogP contribution in [0.1, 0.15) is 22.2 Å². The van der Waals surface area contributed by atoms with Crippen LogP contribution < -0.4 is 5.32 Å². The van der Waals surface area contributed by atoms with Crippen LogP contribution in [0.2, 0.25) is 0 Å². The molecule has 5 nitrogen and oxygen atoms in total. The zero-order valence-electron chi connectivity index (χ0n) is 12.0. The van der Waals surface area contributed by atoms with Crippen LogP contribution in [0.15, 0.2) is 36.4 Å². The summed E-state index contributed by atoms with van der Waals surface area (Å²) in [6.45, 7) is 2.11. The molecule has 22 heavy (non-hydrogen) atoms. The Balaban J connectivity index is 1.91. The van der Waals surface area contributed by atoms with E-state index in [1.807, 2.05) is 6.08 Å². The highest BCUT2D eigenvalue weighted by atomic mass is 32.1. The molecule has 0 unspecified atom stereocenters. The summed E-state index contributed by atoms with van der Waals surface area (Å²) < 4.78 is 0. The molecule has 1 amide bonds. The lowest BCUT2D eigenvalue weighted by Gasteiger charge is -1.98. The van der Waals surface area contributed by atoms with Crippen molar-refractivity contribution in [1.82, 2.24) is 0 Å². The number of nitrogens with one attached hydrogen (secondary N) is 1. The number of carbonyl (C=O) groups is 1. The number of aryl methyl sites for hydroxylation is 1. The summed E-state index contributed by atoms with van der Waals surface area (Å²) in [6, 6.07) is 8.57. The van der Waals surface area contributed by atoms with E-state index in [0.29, 0.717) is 23.2 Å². The van der Waals surface area contributed by atoms with E-state index in [1.54, 1.807) is 17.4 Å². The third-order valence-corrected chi connectivity index (χ3v) is 4.82. The fraction of sp³-hybridized carbons (Fsp3) is 0.188. The van der Waals surface area contributed by atoms with Crippen molar-refractivity contribution in [2.45, 2.75) is 19.8 Å². The summed E-state index contributed by atoms with van der Waals surface area (Å²) in [7, 11) is 0. The Labute approximate surface area is 131 Å². The van der Waals surface area contributed by atoms with Gasteiger partial charge in [-0.25, -0.2) is 0 Å². The van der Waals surface area contributed by atoms with Crippen LogP contribution >= 0.6 is 11.3 Å². The third-order valence-electron chi connectivity index (χ3n) is 3.57. The molecular formula is C16H14N2O3S. The first-order valence-electron chi connectivity index (χ1n) is 6.96. The molecule has 1 aliphatic rings. The molecule has 0 aliphatic carbocycles. The molecule has 1 aliphatic heterocycles. The molecule has 1 aromatic carbocycles. The number of non-ortho nitro benzene ring substituents is 1. The van der Waals surface area contributed by atoms with E-state index < -0.39 is 4.92 Å². The van der Waals surface area contributed by atoms with Gasteiger partial charge in [0.15, 0.2) is 0 Å². The van der Waals surface area contributed by atoms with Gasteiger partial charge in [0.05, 0.1) is 4.92 Å². The fourth-order valence-electron chi connectivity index (χ4n) is 2.42. The molecular weight excluding hydrogens is 300 g/mol. The van der Waals surface area contributed by atoms with Gasteiger partial charge in [0.1, 0.15) is 0 Å². The van der Waals surface area contributed by atoms with Crippen LogP contribution in [0, 0.1) is 10.1 Å². The topological polar surface area (TPSA) is 72.2 Å². The number of nitrogens with zero attached hydrogens (tertiary/aromatic N) is 1. The van der Waals surface area contributed by atoms with E-state index in [9.17, 15) is 14.9 Å². The lowest BCUT2D eigenvalue weighted by Crippen LogP contribution is -2.03. The number of hydrogen-bond donors (Lipinski definition) is 1. The van der Waals surface area contributed by atoms with Crippen LogP contribution in [0.25, 0.3) is 5.57 Å². The number of allylic oxidation sites excluding steroid dienone is 1. The molecule has 0 fully saturated rings. The second kappa shape index (κ2) is 5.73. The predicted molar refractivity (Wildman–Crippen MR) is 87.1 cm³/mol. The Morgan fingerprint density at radius 3 is 2.73 bits per heavy atom. The van der Waals surface area contributed by atoms with E-state index in [0.717, 1.165) is 6.42 Å². The first-order valence-corrected chi connectivity index (χ1v) is 7.78. The standard InChI is InChI=1S/C16H14N2O3S/c1-2-11-4-5-12(22-11)6-7-13-14-9-10(18(20)21)3-8-15(14)17-16(13)19/h3-5,7-9H,2,6H2,1H3,(H,17,19). The SMILES string of the molecule is CCc1ccc(CC=C2C(=O)Nc3ccc([N+](=O)[O-])cc32)s1. The second-order valence-corrected chi connectivity index (χ2v) is 6.24. The van der Waals surface area contributed by atoms with E-state index in [4.69, 9.17) is 0 Å². The molecule has 0 spiro atoms. The van der Waals surface area contributed by atoms with E-state index in [-0.39, 0.29) is 11.6 Å². The Kier molecular flexibility index (Phi) is 3.77. The molecule has 2 aromatic rings. The number of fused-ring (bicyclic) bond motifs is 1. The summed E-state index contributed by atoms with van der Waals surface area (Å²) in [5, 5.41) is 13.6. The number of carbonyl (C=O) groups excluding carboxylic acids is 1. The van der Waals surface area contributed by atoms with Gasteiger partial charge in [0.2, 0.25) is 0 Å². The van der Waals surface area contributed by atoms with Gasteiger partial charge in [0.25, 0.3) is 11.6 Å². The van der Waals surface area contributed by atoms with Crippen molar-refractivity contribution in [2.24, 2.45) is 0 Å². The van der Waals surface area contributed by atoms with Crippen molar-refractivity contribution in [3.8, 4) is 0 Å². The van der Waals surface area contributed by atoms with E-state index in [1.165, 1.54) is 21.9 Å². The number of benzene rings is 1. The van der Waals surface area contributed by atoms with Crippen LogP contribution in [0.4, 0.5) is 11.4 Å². The van der Waals surface area contributed by atoms with Crippen molar-refractivity contribution < 1.29 is 9.72 Å². The maximum atomic E-state index is 12.0. The highest BCUT2D eigenvalue weighted by Crippen LogP contribution is 2.34. The monoisotopic (exact) mass is 314 g/mol. The summed E-state index contributed by atoms with van der Waals surface area (Å²) in [5.74, 6) is -0.206. The van der Waals surface area contributed by atoms with Crippen LogP contribution in [-0.4, -0.2) is 10.8 Å². The largest absolute Gasteiger partial charge is 0.321 e. The van der Waals surface area contributed by atoms with Crippen LogP contribution in [-0.2, 0) is 17.6 Å². The van der Waals surface area contributed by atoms with Crippen molar-refractivity contribution in [3.63, 3.8) is 0 Å². The third kappa shape index (κ3) is 2.65. The first-order chi connectivity index (χ1) is 10.6. The Morgan fingerprint density at radius 1 is 1.27 bits per heavy atom. The summed E-state index contributed by atoms with van der Waals surface area (Å²) in [6.07, 6.45) is 3.49. The lowest BCUT2D eigenvalue weighted by molar-refractivity contribution is -0.384. The molecule has 0 bridgehead atoms. The zero-order valence-corrected chi connectivity index (χ0v) is 12.8. The maximum absolute atomic E-state index is 12.0. The number of rotatable bonds is 4. The first kappa shape index (κ1) is 14.5. The molecule has 112 valence electrons. The van der Waals surface area contributed by atoms with Gasteiger partial charge < -0.3 is 5.32 Å². The predicted octanol–water partition coefficient (Wildman–Crippen LogP) is 3.80. The molecule has 0 atom stereocenters. The lowest BCUT2D eigenvalue weighted by atomic mass is 10.1. The number of thiophene rings is 1. The van der Waals surface area contributed by atoms with E-state index >= 15 is 0 Å². The van der Waals surface area contributed by atoms with Gasteiger partial charge >= 0.3 is 0 Å². The minimum absolute atomic E-state index is 0.00876. The smallest absolute Gasteiger partial charge is 0.270 e. The minimum atomic E-state index is -0.451. The van der Waals surface area contributed by atoms with Gasteiger partial charge in [-0.15, -0.1) is 11.3 Å². The number of nitro groups is 1. The molecule has 0 radical (unpaired) electrons. The van der Waals surface area contributed by atoms with Crippen LogP contribution in [0.3, 0.4) is 0 Å². The average molecular weight is 314 g/mol. The van der Waals surface area contributed by atoms with Gasteiger partial charge in [-0.1, -0.05) is 13.0 Å². The minimum Gasteiger partial charge on any atom is -0.321 e. The summed E-state index contributed by atoms with van der Waals surface area (Å²) >= 11 is 1.72. The molecule has 2 heterocycles. The van der Waals surface area contributed by atoms with E-state index in [2.05, 4.69) is 24.4 Å². The Morgan fingerprint density at radius 2 is 2.05 bits per heavy atom. The summed E-state index contributed by atoms with van der Waals surface area (Å²) in [5.41, 5.74) is 1.73. The molecule has 0 saturated carbocycles. The van der Waals surface area contributed by atoms with Crippen molar-refractivity contribution >= 4 is 34.2 Å². The summed E-state index contributed by atoms with van der Waals surface area (Å²) in [4.78, 5) is 25.0. The molecule has 0 saturated heterocycles. The van der Waals surface area contributed by atoms with Crippen molar-refractivity contribution in [1.29, 1.82) is 0 Å². The number of hydrogen-bond acceptors (Lipinski definition) is 4. The highest BCUT2D eigenvalue weighted by Gasteiger charge is 2.26. The molecule has 1 aromatic heterocycles. The highest BCUT2D eigenvalue weighted by molar-refractivity contribution is 7.12.